The summed E-state index contributed by atoms with van der Waals surface area (Å²) in [5.41, 5.74) is 2.70. The molecule has 0 amide bonds. The summed E-state index contributed by atoms with van der Waals surface area (Å²) in [4.78, 5) is 0. The lowest BCUT2D eigenvalue weighted by Crippen LogP contribution is -2.40. The molecule has 0 aromatic heterocycles. The van der Waals surface area contributed by atoms with Crippen molar-refractivity contribution in [2.24, 2.45) is 5.84 Å². The van der Waals surface area contributed by atoms with E-state index in [9.17, 15) is 13.2 Å². The molecule has 1 heterocycles. The topological polar surface area (TPSA) is 47.3 Å². The lowest BCUT2D eigenvalue weighted by atomic mass is 9.96. The number of alkyl halides is 3. The fourth-order valence-electron chi connectivity index (χ4n) is 2.68. The normalized spacial score (nSPS) is 21.2. The van der Waals surface area contributed by atoms with Gasteiger partial charge in [0, 0.05) is 12.6 Å². The molecule has 3 N–H and O–H groups in total. The number of rotatable bonds is 5. The standard InChI is InChI=1S/C15H21F3N2O/c16-15(17,18)12-5-3-4-11(8-12)9-13(20-19)10-14-6-1-2-7-21-14/h3-5,8,13-14,20H,1-2,6-7,9-10,19H2. The van der Waals surface area contributed by atoms with Crippen molar-refractivity contribution in [1.82, 2.24) is 5.43 Å². The second kappa shape index (κ2) is 7.24. The molecule has 2 atom stereocenters. The summed E-state index contributed by atoms with van der Waals surface area (Å²) in [5, 5.41) is 0. The molecule has 1 aromatic carbocycles. The number of nitrogens with one attached hydrogen (secondary N) is 1. The number of hydrogen-bond acceptors (Lipinski definition) is 3. The number of ether oxygens (including phenoxy) is 1. The van der Waals surface area contributed by atoms with Gasteiger partial charge in [0.05, 0.1) is 11.7 Å². The number of nitrogens with two attached hydrogens (primary N) is 1. The molecule has 1 aromatic rings. The number of hydrazine groups is 1. The first-order chi connectivity index (χ1) is 9.99. The molecule has 0 aliphatic carbocycles. The van der Waals surface area contributed by atoms with Crippen LogP contribution in [0.15, 0.2) is 24.3 Å². The molecule has 21 heavy (non-hydrogen) atoms. The van der Waals surface area contributed by atoms with Crippen LogP contribution in [-0.2, 0) is 17.3 Å². The van der Waals surface area contributed by atoms with Crippen LogP contribution in [0.4, 0.5) is 13.2 Å². The highest BCUT2D eigenvalue weighted by Gasteiger charge is 2.30. The average Bonchev–Trinajstić information content (AvgIpc) is 2.47. The number of hydrogen-bond donors (Lipinski definition) is 2. The summed E-state index contributed by atoms with van der Waals surface area (Å²) in [5.74, 6) is 5.53. The van der Waals surface area contributed by atoms with Gasteiger partial charge in [-0.05, 0) is 43.7 Å². The molecular weight excluding hydrogens is 281 g/mol. The molecular formula is C15H21F3N2O. The maximum Gasteiger partial charge on any atom is 0.416 e. The van der Waals surface area contributed by atoms with Gasteiger partial charge in [-0.1, -0.05) is 18.2 Å². The molecule has 3 nitrogen and oxygen atoms in total. The quantitative estimate of drug-likeness (QED) is 0.649. The summed E-state index contributed by atoms with van der Waals surface area (Å²) >= 11 is 0. The summed E-state index contributed by atoms with van der Waals surface area (Å²) in [7, 11) is 0. The van der Waals surface area contributed by atoms with Crippen molar-refractivity contribution >= 4 is 0 Å². The van der Waals surface area contributed by atoms with Crippen LogP contribution >= 0.6 is 0 Å². The number of benzene rings is 1. The van der Waals surface area contributed by atoms with E-state index in [-0.39, 0.29) is 12.1 Å². The van der Waals surface area contributed by atoms with Gasteiger partial charge in [-0.15, -0.1) is 0 Å². The summed E-state index contributed by atoms with van der Waals surface area (Å²) < 4.78 is 43.7. The van der Waals surface area contributed by atoms with Gasteiger partial charge in [0.2, 0.25) is 0 Å². The minimum Gasteiger partial charge on any atom is -0.378 e. The highest BCUT2D eigenvalue weighted by molar-refractivity contribution is 5.26. The van der Waals surface area contributed by atoms with Crippen molar-refractivity contribution in [3.63, 3.8) is 0 Å². The molecule has 6 heteroatoms. The molecule has 0 spiro atoms. The molecule has 0 radical (unpaired) electrons. The van der Waals surface area contributed by atoms with E-state index in [1.165, 1.54) is 12.1 Å². The molecule has 118 valence electrons. The van der Waals surface area contributed by atoms with Crippen molar-refractivity contribution < 1.29 is 17.9 Å². The second-order valence-electron chi connectivity index (χ2n) is 5.49. The smallest absolute Gasteiger partial charge is 0.378 e. The van der Waals surface area contributed by atoms with E-state index in [0.717, 1.165) is 31.9 Å². The van der Waals surface area contributed by atoms with Crippen LogP contribution in [-0.4, -0.2) is 18.8 Å². The average molecular weight is 302 g/mol. The highest BCUT2D eigenvalue weighted by atomic mass is 19.4. The Morgan fingerprint density at radius 1 is 1.33 bits per heavy atom. The van der Waals surface area contributed by atoms with Crippen molar-refractivity contribution in [3.8, 4) is 0 Å². The van der Waals surface area contributed by atoms with Gasteiger partial charge in [-0.3, -0.25) is 11.3 Å². The van der Waals surface area contributed by atoms with Crippen molar-refractivity contribution in [2.75, 3.05) is 6.61 Å². The molecule has 1 saturated heterocycles. The Balaban J connectivity index is 1.97. The zero-order valence-corrected chi connectivity index (χ0v) is 11.8. The van der Waals surface area contributed by atoms with E-state index in [1.54, 1.807) is 6.07 Å². The largest absolute Gasteiger partial charge is 0.416 e. The Labute approximate surface area is 122 Å². The fourth-order valence-corrected chi connectivity index (χ4v) is 2.68. The summed E-state index contributed by atoms with van der Waals surface area (Å²) in [6.07, 6.45) is 0.198. The van der Waals surface area contributed by atoms with E-state index >= 15 is 0 Å². The van der Waals surface area contributed by atoms with Gasteiger partial charge >= 0.3 is 6.18 Å². The van der Waals surface area contributed by atoms with E-state index < -0.39 is 11.7 Å². The maximum atomic E-state index is 12.7. The van der Waals surface area contributed by atoms with Gasteiger partial charge in [0.15, 0.2) is 0 Å². The first-order valence-electron chi connectivity index (χ1n) is 7.23. The van der Waals surface area contributed by atoms with Crippen LogP contribution in [0.25, 0.3) is 0 Å². The van der Waals surface area contributed by atoms with E-state index in [1.807, 2.05) is 0 Å². The predicted octanol–water partition coefficient (Wildman–Crippen LogP) is 3.04. The molecule has 0 bridgehead atoms. The lowest BCUT2D eigenvalue weighted by molar-refractivity contribution is -0.137. The lowest BCUT2D eigenvalue weighted by Gasteiger charge is -2.26. The highest BCUT2D eigenvalue weighted by Crippen LogP contribution is 2.30. The fraction of sp³-hybridized carbons (Fsp3) is 0.600. The molecule has 1 aliphatic heterocycles. The molecule has 1 fully saturated rings. The Bertz CT molecular complexity index is 445. The number of halogens is 3. The third-order valence-electron chi connectivity index (χ3n) is 3.79. The van der Waals surface area contributed by atoms with Crippen molar-refractivity contribution in [2.45, 2.75) is 50.4 Å². The Morgan fingerprint density at radius 2 is 2.14 bits per heavy atom. The van der Waals surface area contributed by atoms with Crippen LogP contribution in [0.2, 0.25) is 0 Å². The van der Waals surface area contributed by atoms with Crippen LogP contribution in [0, 0.1) is 0 Å². The van der Waals surface area contributed by atoms with Crippen LogP contribution in [0.3, 0.4) is 0 Å². The van der Waals surface area contributed by atoms with E-state index in [0.29, 0.717) is 18.4 Å². The molecule has 0 saturated carbocycles. The summed E-state index contributed by atoms with van der Waals surface area (Å²) in [6, 6.07) is 5.31. The third-order valence-corrected chi connectivity index (χ3v) is 3.79. The van der Waals surface area contributed by atoms with Crippen LogP contribution < -0.4 is 11.3 Å². The molecule has 1 aliphatic rings. The van der Waals surface area contributed by atoms with Gasteiger partial charge < -0.3 is 4.74 Å². The zero-order chi connectivity index (χ0) is 15.3. The first kappa shape index (κ1) is 16.3. The molecule has 2 rings (SSSR count). The van der Waals surface area contributed by atoms with Crippen LogP contribution in [0.1, 0.15) is 36.8 Å². The summed E-state index contributed by atoms with van der Waals surface area (Å²) in [6.45, 7) is 0.755. The van der Waals surface area contributed by atoms with Gasteiger partial charge in [-0.25, -0.2) is 0 Å². The second-order valence-corrected chi connectivity index (χ2v) is 5.49. The first-order valence-corrected chi connectivity index (χ1v) is 7.23. The van der Waals surface area contributed by atoms with E-state index in [4.69, 9.17) is 10.6 Å². The van der Waals surface area contributed by atoms with Crippen LogP contribution in [0.5, 0.6) is 0 Å². The minimum absolute atomic E-state index is 0.0865. The Kier molecular flexibility index (Phi) is 5.61. The zero-order valence-electron chi connectivity index (χ0n) is 11.8. The maximum absolute atomic E-state index is 12.7. The predicted molar refractivity (Wildman–Crippen MR) is 74.5 cm³/mol. The van der Waals surface area contributed by atoms with Gasteiger partial charge in [-0.2, -0.15) is 13.2 Å². The minimum atomic E-state index is -4.31. The molecule has 2 unspecified atom stereocenters. The Hall–Kier alpha value is -1.11. The van der Waals surface area contributed by atoms with Crippen molar-refractivity contribution in [1.29, 1.82) is 0 Å². The van der Waals surface area contributed by atoms with Crippen molar-refractivity contribution in [3.05, 3.63) is 35.4 Å². The SMILES string of the molecule is NNC(Cc1cccc(C(F)(F)F)c1)CC1CCCCO1. The monoisotopic (exact) mass is 302 g/mol. The van der Waals surface area contributed by atoms with E-state index in [2.05, 4.69) is 5.43 Å². The third kappa shape index (κ3) is 4.98. The van der Waals surface area contributed by atoms with Gasteiger partial charge in [0.1, 0.15) is 0 Å². The van der Waals surface area contributed by atoms with Gasteiger partial charge in [0.25, 0.3) is 0 Å². The Morgan fingerprint density at radius 3 is 2.76 bits per heavy atom.